The van der Waals surface area contributed by atoms with E-state index in [0.717, 1.165) is 49.2 Å². The van der Waals surface area contributed by atoms with E-state index in [4.69, 9.17) is 4.42 Å². The van der Waals surface area contributed by atoms with Gasteiger partial charge in [-0.2, -0.15) is 0 Å². The normalized spacial score (nSPS) is 24.9. The number of furan rings is 1. The summed E-state index contributed by atoms with van der Waals surface area (Å²) in [5.74, 6) is 5.14. The van der Waals surface area contributed by atoms with Gasteiger partial charge < -0.3 is 14.6 Å². The number of hydrogen-bond donors (Lipinski definition) is 1. The van der Waals surface area contributed by atoms with Gasteiger partial charge in [0.1, 0.15) is 5.76 Å². The van der Waals surface area contributed by atoms with Gasteiger partial charge in [0.25, 0.3) is 6.71 Å². The molecule has 1 N–H and O–H groups in total. The van der Waals surface area contributed by atoms with Crippen LogP contribution in [0.15, 0.2) is 90.1 Å². The van der Waals surface area contributed by atoms with E-state index in [1.807, 2.05) is 0 Å². The molecule has 4 bridgehead atoms. The Morgan fingerprint density at radius 2 is 1.46 bits per heavy atom. The second kappa shape index (κ2) is 17.0. The van der Waals surface area contributed by atoms with Gasteiger partial charge >= 0.3 is 0 Å². The molecule has 0 saturated heterocycles. The summed E-state index contributed by atoms with van der Waals surface area (Å²) < 4.78 is 7.53. The molecular formula is C59H83BN2O. The van der Waals surface area contributed by atoms with Crippen LogP contribution in [0.5, 0.6) is 0 Å². The van der Waals surface area contributed by atoms with Gasteiger partial charge in [-0.05, 0) is 156 Å². The van der Waals surface area contributed by atoms with Crippen LogP contribution in [0.1, 0.15) is 183 Å². The summed E-state index contributed by atoms with van der Waals surface area (Å²) >= 11 is 0. The van der Waals surface area contributed by atoms with Crippen molar-refractivity contribution in [1.29, 1.82) is 0 Å². The van der Waals surface area contributed by atoms with Crippen LogP contribution in [-0.2, 0) is 21.7 Å². The molecule has 0 spiro atoms. The zero-order chi connectivity index (χ0) is 45.3. The molecule has 4 saturated carbocycles. The molecule has 4 heteroatoms. The Labute approximate surface area is 384 Å². The number of hydrogen-bond acceptors (Lipinski definition) is 3. The SMILES string of the molecule is C=CCN1c2cc(C34CC5CC(CC(C5)C3)C4)cc(N/C=C/C=C(\C=C)C(C)(C)CCC(C)C)c2B(c2ccc(C(C)(C)CCC(C)C)cc2)c2oc3c(c21)C(C)(C)CCC3(C)C. The van der Waals surface area contributed by atoms with Crippen LogP contribution in [0.4, 0.5) is 17.1 Å². The first-order valence-electron chi connectivity index (χ1n) is 25.3. The van der Waals surface area contributed by atoms with Crippen molar-refractivity contribution in [2.45, 2.75) is 182 Å². The maximum absolute atomic E-state index is 7.53. The first-order valence-corrected chi connectivity index (χ1v) is 25.3. The molecule has 0 radical (unpaired) electrons. The molecule has 2 heterocycles. The Kier molecular flexibility index (Phi) is 12.4. The Bertz CT molecular complexity index is 2200. The summed E-state index contributed by atoms with van der Waals surface area (Å²) in [6, 6.07) is 15.0. The molecule has 0 atom stereocenters. The van der Waals surface area contributed by atoms with Crippen LogP contribution < -0.4 is 26.8 Å². The van der Waals surface area contributed by atoms with Crippen LogP contribution in [-0.4, -0.2) is 13.3 Å². The molecule has 0 amide bonds. The Balaban J connectivity index is 1.34. The summed E-state index contributed by atoms with van der Waals surface area (Å²) in [5.41, 5.74) is 13.5. The van der Waals surface area contributed by atoms with Crippen molar-refractivity contribution < 1.29 is 4.42 Å². The monoisotopic (exact) mass is 847 g/mol. The second-order valence-electron chi connectivity index (χ2n) is 24.9. The highest BCUT2D eigenvalue weighted by molar-refractivity contribution is 6.98. The molecule has 0 unspecified atom stereocenters. The Morgan fingerprint density at radius 1 is 0.857 bits per heavy atom. The van der Waals surface area contributed by atoms with Crippen molar-refractivity contribution in [3.63, 3.8) is 0 Å². The van der Waals surface area contributed by atoms with E-state index >= 15 is 0 Å². The zero-order valence-electron chi connectivity index (χ0n) is 41.8. The van der Waals surface area contributed by atoms with E-state index in [0.29, 0.717) is 11.8 Å². The van der Waals surface area contributed by atoms with Crippen LogP contribution in [0.3, 0.4) is 0 Å². The molecule has 1 aliphatic heterocycles. The quantitative estimate of drug-likeness (QED) is 0.0884. The predicted molar refractivity (Wildman–Crippen MR) is 275 cm³/mol. The molecule has 6 aliphatic rings. The molecule has 1 aromatic heterocycles. The molecule has 4 fully saturated rings. The molecule has 3 aromatic rings. The van der Waals surface area contributed by atoms with Crippen molar-refractivity contribution in [2.75, 3.05) is 16.8 Å². The van der Waals surface area contributed by atoms with E-state index in [1.54, 1.807) is 5.56 Å². The van der Waals surface area contributed by atoms with Crippen LogP contribution in [0.25, 0.3) is 0 Å². The van der Waals surface area contributed by atoms with E-state index in [9.17, 15) is 0 Å². The van der Waals surface area contributed by atoms with Gasteiger partial charge in [0.05, 0.1) is 11.3 Å². The third kappa shape index (κ3) is 8.65. The van der Waals surface area contributed by atoms with E-state index < -0.39 is 0 Å². The van der Waals surface area contributed by atoms with Gasteiger partial charge in [0.2, 0.25) is 0 Å². The minimum atomic E-state index is -0.0725. The van der Waals surface area contributed by atoms with E-state index in [1.165, 1.54) is 108 Å². The number of anilines is 3. The smallest absolute Gasteiger partial charge is 0.295 e. The van der Waals surface area contributed by atoms with Crippen molar-refractivity contribution in [2.24, 2.45) is 35.0 Å². The molecule has 5 aliphatic carbocycles. The number of nitrogens with one attached hydrogen (secondary N) is 1. The topological polar surface area (TPSA) is 28.4 Å². The average molecular weight is 847 g/mol. The van der Waals surface area contributed by atoms with Gasteiger partial charge in [-0.1, -0.05) is 150 Å². The first kappa shape index (κ1) is 45.9. The number of benzene rings is 2. The highest BCUT2D eigenvalue weighted by Crippen LogP contribution is 2.61. The lowest BCUT2D eigenvalue weighted by atomic mass is 9.36. The van der Waals surface area contributed by atoms with Gasteiger partial charge in [-0.15, -0.1) is 6.58 Å². The van der Waals surface area contributed by atoms with Gasteiger partial charge in [-0.3, -0.25) is 0 Å². The summed E-state index contributed by atoms with van der Waals surface area (Å²) in [4.78, 5) is 2.63. The fraction of sp³-hybridized carbons (Fsp3) is 0.593. The number of rotatable bonds is 16. The lowest BCUT2D eigenvalue weighted by Crippen LogP contribution is -2.58. The third-order valence-corrected chi connectivity index (χ3v) is 17.1. The van der Waals surface area contributed by atoms with Crippen molar-refractivity contribution in [3.8, 4) is 0 Å². The summed E-state index contributed by atoms with van der Waals surface area (Å²) in [6.45, 7) is 38.0. The fourth-order valence-corrected chi connectivity index (χ4v) is 13.4. The fourth-order valence-electron chi connectivity index (χ4n) is 13.4. The van der Waals surface area contributed by atoms with Crippen molar-refractivity contribution in [1.82, 2.24) is 0 Å². The second-order valence-corrected chi connectivity index (χ2v) is 24.9. The Morgan fingerprint density at radius 3 is 2.05 bits per heavy atom. The minimum absolute atomic E-state index is 0.0206. The van der Waals surface area contributed by atoms with E-state index in [-0.39, 0.29) is 33.8 Å². The first-order chi connectivity index (χ1) is 29.7. The van der Waals surface area contributed by atoms with Crippen LogP contribution >= 0.6 is 0 Å². The van der Waals surface area contributed by atoms with Gasteiger partial charge in [0.15, 0.2) is 0 Å². The highest BCUT2D eigenvalue weighted by atomic mass is 16.3. The van der Waals surface area contributed by atoms with Gasteiger partial charge in [-0.25, -0.2) is 0 Å². The third-order valence-electron chi connectivity index (χ3n) is 17.1. The largest absolute Gasteiger partial charge is 0.472 e. The summed E-state index contributed by atoms with van der Waals surface area (Å²) in [7, 11) is 0. The van der Waals surface area contributed by atoms with Crippen molar-refractivity contribution >= 4 is 40.4 Å². The number of fused-ring (bicyclic) bond motifs is 4. The lowest BCUT2D eigenvalue weighted by molar-refractivity contribution is -0.00514. The number of allylic oxidation sites excluding steroid dienone is 4. The predicted octanol–water partition coefficient (Wildman–Crippen LogP) is 14.5. The minimum Gasteiger partial charge on any atom is -0.472 e. The maximum Gasteiger partial charge on any atom is 0.295 e. The highest BCUT2D eigenvalue weighted by Gasteiger charge is 2.54. The maximum atomic E-state index is 7.53. The standard InChI is InChI=1S/C59H83BN2O/c1-15-30-62-49-35-46(59-36-41-31-42(37-59)33-43(32-41)38-59)34-48(61-29-17-18-44(16-2)55(7,8)25-23-39(3)4)51(49)60(47-21-19-45(20-22-47)56(9,10)26-24-40(5)6)54-52(62)50-53(63-54)58(13,14)28-27-57(50,11)12/h15-22,29,34-35,39-43,61H,1-2,23-28,30-33,36-38H2,3-14H3/b29-17+,44-18+. The molecule has 63 heavy (non-hydrogen) atoms. The molecule has 9 rings (SSSR count). The van der Waals surface area contributed by atoms with Gasteiger partial charge in [0, 0.05) is 35.1 Å². The van der Waals surface area contributed by atoms with Crippen LogP contribution in [0, 0.1) is 35.0 Å². The lowest BCUT2D eigenvalue weighted by Gasteiger charge is -2.57. The molecular weight excluding hydrogens is 763 g/mol. The van der Waals surface area contributed by atoms with E-state index in [2.05, 4.69) is 173 Å². The molecule has 3 nitrogen and oxygen atoms in total. The Hall–Kier alpha value is -3.66. The number of nitrogens with zero attached hydrogens (tertiary/aromatic N) is 1. The average Bonchev–Trinajstić information content (AvgIpc) is 3.64. The van der Waals surface area contributed by atoms with Crippen LogP contribution in [0.2, 0.25) is 0 Å². The summed E-state index contributed by atoms with van der Waals surface area (Å²) in [5, 5.41) is 4.02. The summed E-state index contributed by atoms with van der Waals surface area (Å²) in [6.07, 6.45) is 26.2. The molecule has 2 aromatic carbocycles. The molecule has 338 valence electrons. The van der Waals surface area contributed by atoms with Crippen molar-refractivity contribution in [3.05, 3.63) is 108 Å². The zero-order valence-corrected chi connectivity index (χ0v) is 41.8.